The number of ether oxygens (including phenoxy) is 1. The van der Waals surface area contributed by atoms with Gasteiger partial charge in [0.1, 0.15) is 11.6 Å². The highest BCUT2D eigenvalue weighted by atomic mass is 19.1. The summed E-state index contributed by atoms with van der Waals surface area (Å²) in [6.45, 7) is 0. The van der Waals surface area contributed by atoms with Crippen LogP contribution in [0, 0.1) is 11.6 Å². The molecule has 1 unspecified atom stereocenters. The van der Waals surface area contributed by atoms with Gasteiger partial charge in [-0.25, -0.2) is 8.78 Å². The van der Waals surface area contributed by atoms with Gasteiger partial charge < -0.3 is 10.5 Å². The normalized spacial score (nSPS) is 19.8. The van der Waals surface area contributed by atoms with E-state index in [1.165, 1.54) is 12.1 Å². The van der Waals surface area contributed by atoms with Crippen LogP contribution in [0.25, 0.3) is 0 Å². The maximum absolute atomic E-state index is 13.0. The SMILES string of the molecule is COC1(C(N)Cc2cc(F)cc(F)c2)CCC1. The molecular weight excluding hydrogens is 224 g/mol. The van der Waals surface area contributed by atoms with Crippen molar-refractivity contribution in [2.45, 2.75) is 37.3 Å². The van der Waals surface area contributed by atoms with E-state index in [4.69, 9.17) is 10.5 Å². The molecule has 0 aliphatic heterocycles. The van der Waals surface area contributed by atoms with Gasteiger partial charge >= 0.3 is 0 Å². The lowest BCUT2D eigenvalue weighted by Gasteiger charge is -2.45. The van der Waals surface area contributed by atoms with E-state index in [0.29, 0.717) is 12.0 Å². The zero-order chi connectivity index (χ0) is 12.5. The van der Waals surface area contributed by atoms with Gasteiger partial charge in [0, 0.05) is 19.2 Å². The van der Waals surface area contributed by atoms with Crippen molar-refractivity contribution in [2.24, 2.45) is 5.73 Å². The predicted octanol–water partition coefficient (Wildman–Crippen LogP) is 2.40. The minimum Gasteiger partial charge on any atom is -0.377 e. The summed E-state index contributed by atoms with van der Waals surface area (Å²) in [6, 6.07) is 3.29. The molecule has 17 heavy (non-hydrogen) atoms. The first-order valence-corrected chi connectivity index (χ1v) is 5.81. The fraction of sp³-hybridized carbons (Fsp3) is 0.538. The van der Waals surface area contributed by atoms with Gasteiger partial charge in [0.05, 0.1) is 5.60 Å². The molecule has 1 aromatic rings. The number of benzene rings is 1. The second-order valence-electron chi connectivity index (χ2n) is 4.71. The smallest absolute Gasteiger partial charge is 0.126 e. The third kappa shape index (κ3) is 2.48. The Balaban J connectivity index is 2.09. The quantitative estimate of drug-likeness (QED) is 0.878. The standard InChI is InChI=1S/C13H17F2NO/c1-17-13(3-2-4-13)12(16)7-9-5-10(14)8-11(15)6-9/h5-6,8,12H,2-4,7,16H2,1H3. The Kier molecular flexibility index (Phi) is 3.45. The first kappa shape index (κ1) is 12.5. The van der Waals surface area contributed by atoms with Crippen LogP contribution in [0.4, 0.5) is 8.78 Å². The molecule has 0 bridgehead atoms. The lowest BCUT2D eigenvalue weighted by Crippen LogP contribution is -2.55. The van der Waals surface area contributed by atoms with Gasteiger partial charge in [0.25, 0.3) is 0 Å². The van der Waals surface area contributed by atoms with E-state index in [0.717, 1.165) is 25.3 Å². The Labute approximate surface area is 99.8 Å². The van der Waals surface area contributed by atoms with Gasteiger partial charge in [-0.1, -0.05) is 0 Å². The number of nitrogens with two attached hydrogens (primary N) is 1. The molecule has 1 atom stereocenters. The van der Waals surface area contributed by atoms with Gasteiger partial charge in [-0.05, 0) is 43.4 Å². The van der Waals surface area contributed by atoms with E-state index >= 15 is 0 Å². The summed E-state index contributed by atoms with van der Waals surface area (Å²) in [7, 11) is 1.64. The van der Waals surface area contributed by atoms with Gasteiger partial charge in [0.2, 0.25) is 0 Å². The van der Waals surface area contributed by atoms with E-state index in [-0.39, 0.29) is 11.6 Å². The Bertz CT molecular complexity index is 379. The van der Waals surface area contributed by atoms with E-state index < -0.39 is 11.6 Å². The van der Waals surface area contributed by atoms with E-state index in [1.807, 2.05) is 0 Å². The fourth-order valence-electron chi connectivity index (χ4n) is 2.42. The number of methoxy groups -OCH3 is 1. The second-order valence-corrected chi connectivity index (χ2v) is 4.71. The van der Waals surface area contributed by atoms with Crippen LogP contribution in [0.15, 0.2) is 18.2 Å². The van der Waals surface area contributed by atoms with Crippen LogP contribution in [-0.2, 0) is 11.2 Å². The number of halogens is 2. The van der Waals surface area contributed by atoms with Crippen LogP contribution in [0.2, 0.25) is 0 Å². The molecule has 0 heterocycles. The van der Waals surface area contributed by atoms with E-state index in [1.54, 1.807) is 7.11 Å². The summed E-state index contributed by atoms with van der Waals surface area (Å²) >= 11 is 0. The van der Waals surface area contributed by atoms with Crippen molar-refractivity contribution < 1.29 is 13.5 Å². The van der Waals surface area contributed by atoms with Gasteiger partial charge in [-0.15, -0.1) is 0 Å². The highest BCUT2D eigenvalue weighted by Gasteiger charge is 2.42. The zero-order valence-corrected chi connectivity index (χ0v) is 9.88. The fourth-order valence-corrected chi connectivity index (χ4v) is 2.42. The molecule has 1 aliphatic carbocycles. The van der Waals surface area contributed by atoms with Crippen molar-refractivity contribution in [1.29, 1.82) is 0 Å². The molecule has 1 aliphatic rings. The van der Waals surface area contributed by atoms with Gasteiger partial charge in [0.15, 0.2) is 0 Å². The summed E-state index contributed by atoms with van der Waals surface area (Å²) < 4.78 is 31.5. The number of rotatable bonds is 4. The van der Waals surface area contributed by atoms with Crippen molar-refractivity contribution >= 4 is 0 Å². The average Bonchev–Trinajstić information content (AvgIpc) is 2.14. The number of hydrogen-bond donors (Lipinski definition) is 1. The van der Waals surface area contributed by atoms with Crippen LogP contribution in [-0.4, -0.2) is 18.8 Å². The number of hydrogen-bond acceptors (Lipinski definition) is 2. The van der Waals surface area contributed by atoms with Crippen LogP contribution >= 0.6 is 0 Å². The molecule has 94 valence electrons. The minimum atomic E-state index is -0.563. The third-order valence-electron chi connectivity index (χ3n) is 3.66. The average molecular weight is 241 g/mol. The van der Waals surface area contributed by atoms with E-state index in [2.05, 4.69) is 0 Å². The summed E-state index contributed by atoms with van der Waals surface area (Å²) in [5.41, 5.74) is 6.37. The molecular formula is C13H17F2NO. The van der Waals surface area contributed by atoms with Crippen LogP contribution in [0.3, 0.4) is 0 Å². The zero-order valence-electron chi connectivity index (χ0n) is 9.88. The highest BCUT2D eigenvalue weighted by Crippen LogP contribution is 2.38. The summed E-state index contributed by atoms with van der Waals surface area (Å²) in [4.78, 5) is 0. The van der Waals surface area contributed by atoms with Gasteiger partial charge in [-0.2, -0.15) is 0 Å². The second kappa shape index (κ2) is 4.70. The largest absolute Gasteiger partial charge is 0.377 e. The summed E-state index contributed by atoms with van der Waals surface area (Å²) in [5, 5.41) is 0. The molecule has 2 rings (SSSR count). The van der Waals surface area contributed by atoms with Crippen molar-refractivity contribution in [2.75, 3.05) is 7.11 Å². The Morgan fingerprint density at radius 2 is 1.88 bits per heavy atom. The Hall–Kier alpha value is -1.00. The van der Waals surface area contributed by atoms with E-state index in [9.17, 15) is 8.78 Å². The van der Waals surface area contributed by atoms with Crippen molar-refractivity contribution in [3.8, 4) is 0 Å². The molecule has 0 amide bonds. The molecule has 0 radical (unpaired) electrons. The molecule has 0 spiro atoms. The highest BCUT2D eigenvalue weighted by molar-refractivity contribution is 5.20. The predicted molar refractivity (Wildman–Crippen MR) is 61.6 cm³/mol. The molecule has 2 nitrogen and oxygen atoms in total. The maximum Gasteiger partial charge on any atom is 0.126 e. The van der Waals surface area contributed by atoms with Crippen molar-refractivity contribution in [1.82, 2.24) is 0 Å². The molecule has 1 fully saturated rings. The first-order chi connectivity index (χ1) is 8.05. The van der Waals surface area contributed by atoms with Crippen molar-refractivity contribution in [3.05, 3.63) is 35.4 Å². The van der Waals surface area contributed by atoms with Gasteiger partial charge in [-0.3, -0.25) is 0 Å². The van der Waals surface area contributed by atoms with Crippen LogP contribution < -0.4 is 5.73 Å². The van der Waals surface area contributed by atoms with Crippen molar-refractivity contribution in [3.63, 3.8) is 0 Å². The topological polar surface area (TPSA) is 35.2 Å². The molecule has 0 aromatic heterocycles. The molecule has 1 aromatic carbocycles. The molecule has 2 N–H and O–H groups in total. The molecule has 0 saturated heterocycles. The third-order valence-corrected chi connectivity index (χ3v) is 3.66. The molecule has 4 heteroatoms. The monoisotopic (exact) mass is 241 g/mol. The lowest BCUT2D eigenvalue weighted by molar-refractivity contribution is -0.0897. The van der Waals surface area contributed by atoms with Crippen LogP contribution in [0.1, 0.15) is 24.8 Å². The Morgan fingerprint density at radius 3 is 2.29 bits per heavy atom. The maximum atomic E-state index is 13.0. The minimum absolute atomic E-state index is 0.220. The first-order valence-electron chi connectivity index (χ1n) is 5.81. The summed E-state index contributed by atoms with van der Waals surface area (Å²) in [5.74, 6) is -1.13. The summed E-state index contributed by atoms with van der Waals surface area (Å²) in [6.07, 6.45) is 3.37. The van der Waals surface area contributed by atoms with Crippen LogP contribution in [0.5, 0.6) is 0 Å². The molecule has 1 saturated carbocycles. The Morgan fingerprint density at radius 1 is 1.29 bits per heavy atom. The lowest BCUT2D eigenvalue weighted by atomic mass is 9.73.